The van der Waals surface area contributed by atoms with E-state index in [0.717, 1.165) is 6.42 Å². The largest absolute Gasteiger partial charge is 0.490 e. The van der Waals surface area contributed by atoms with Gasteiger partial charge in [-0.25, -0.2) is 4.98 Å². The third-order valence-corrected chi connectivity index (χ3v) is 2.69. The van der Waals surface area contributed by atoms with Crippen molar-refractivity contribution in [2.75, 3.05) is 6.61 Å². The molecule has 0 aromatic carbocycles. The maximum absolute atomic E-state index is 5.97. The molecule has 0 unspecified atom stereocenters. The van der Waals surface area contributed by atoms with Crippen LogP contribution in [-0.2, 0) is 0 Å². The number of ether oxygens (including phenoxy) is 1. The van der Waals surface area contributed by atoms with Crippen molar-refractivity contribution in [3.8, 4) is 5.75 Å². The van der Waals surface area contributed by atoms with Crippen molar-refractivity contribution in [3.05, 3.63) is 22.4 Å². The number of aromatic nitrogens is 1. The summed E-state index contributed by atoms with van der Waals surface area (Å²) in [6.45, 7) is 7.22. The molecule has 1 atom stereocenters. The first-order chi connectivity index (χ1) is 7.49. The first kappa shape index (κ1) is 13.6. The molecule has 90 valence electrons. The van der Waals surface area contributed by atoms with Crippen molar-refractivity contribution in [1.29, 1.82) is 0 Å². The van der Waals surface area contributed by atoms with E-state index in [9.17, 15) is 0 Å². The molecule has 0 N–H and O–H groups in total. The summed E-state index contributed by atoms with van der Waals surface area (Å²) < 4.78 is 5.60. The van der Waals surface area contributed by atoms with Crippen molar-refractivity contribution in [2.24, 2.45) is 11.8 Å². The van der Waals surface area contributed by atoms with Gasteiger partial charge >= 0.3 is 0 Å². The standard InChI is InChI=1S/C12H17Cl2NO/c1-8(2)4-9(3)7-16-11-6-15-12(14)5-10(11)13/h5-6,8-9H,4,7H2,1-3H3/t9-/m0/s1. The second kappa shape index (κ2) is 6.31. The van der Waals surface area contributed by atoms with Crippen LogP contribution < -0.4 is 4.74 Å². The average molecular weight is 262 g/mol. The van der Waals surface area contributed by atoms with Crippen molar-refractivity contribution >= 4 is 23.2 Å². The van der Waals surface area contributed by atoms with Gasteiger partial charge in [0.15, 0.2) is 5.75 Å². The minimum absolute atomic E-state index is 0.382. The quantitative estimate of drug-likeness (QED) is 0.731. The third kappa shape index (κ3) is 4.58. The fourth-order valence-corrected chi connectivity index (χ4v) is 2.03. The molecule has 0 fully saturated rings. The summed E-state index contributed by atoms with van der Waals surface area (Å²) in [7, 11) is 0. The van der Waals surface area contributed by atoms with Gasteiger partial charge in [0.1, 0.15) is 5.15 Å². The Morgan fingerprint density at radius 2 is 2.00 bits per heavy atom. The van der Waals surface area contributed by atoms with Crippen molar-refractivity contribution < 1.29 is 4.74 Å². The fraction of sp³-hybridized carbons (Fsp3) is 0.583. The summed E-state index contributed by atoms with van der Waals surface area (Å²) in [6, 6.07) is 1.59. The lowest BCUT2D eigenvalue weighted by Gasteiger charge is -2.15. The van der Waals surface area contributed by atoms with Gasteiger partial charge in [0, 0.05) is 0 Å². The molecule has 0 radical (unpaired) electrons. The number of halogens is 2. The summed E-state index contributed by atoms with van der Waals surface area (Å²) >= 11 is 11.7. The van der Waals surface area contributed by atoms with Gasteiger partial charge in [-0.3, -0.25) is 0 Å². The van der Waals surface area contributed by atoms with Crippen molar-refractivity contribution in [3.63, 3.8) is 0 Å². The van der Waals surface area contributed by atoms with E-state index in [-0.39, 0.29) is 0 Å². The highest BCUT2D eigenvalue weighted by Gasteiger charge is 2.08. The number of hydrogen-bond donors (Lipinski definition) is 0. The summed E-state index contributed by atoms with van der Waals surface area (Å²) in [6.07, 6.45) is 2.70. The summed E-state index contributed by atoms with van der Waals surface area (Å²) in [5.41, 5.74) is 0. The first-order valence-electron chi connectivity index (χ1n) is 5.43. The van der Waals surface area contributed by atoms with Gasteiger partial charge in [0.05, 0.1) is 17.8 Å². The lowest BCUT2D eigenvalue weighted by atomic mass is 10.00. The molecule has 0 saturated heterocycles. The van der Waals surface area contributed by atoms with E-state index in [4.69, 9.17) is 27.9 Å². The van der Waals surface area contributed by atoms with Crippen LogP contribution in [0, 0.1) is 11.8 Å². The topological polar surface area (TPSA) is 22.1 Å². The monoisotopic (exact) mass is 261 g/mol. The maximum atomic E-state index is 5.97. The Hall–Kier alpha value is -0.470. The molecule has 0 aliphatic heterocycles. The second-order valence-electron chi connectivity index (χ2n) is 4.48. The van der Waals surface area contributed by atoms with E-state index in [1.165, 1.54) is 0 Å². The zero-order valence-corrected chi connectivity index (χ0v) is 11.3. The Balaban J connectivity index is 2.48. The van der Waals surface area contributed by atoms with E-state index in [0.29, 0.717) is 34.4 Å². The molecule has 2 nitrogen and oxygen atoms in total. The second-order valence-corrected chi connectivity index (χ2v) is 5.28. The number of pyridine rings is 1. The van der Waals surface area contributed by atoms with E-state index >= 15 is 0 Å². The Morgan fingerprint density at radius 3 is 2.56 bits per heavy atom. The van der Waals surface area contributed by atoms with Crippen LogP contribution in [0.5, 0.6) is 5.75 Å². The zero-order chi connectivity index (χ0) is 12.1. The minimum atomic E-state index is 0.382. The Bertz CT molecular complexity index is 342. The SMILES string of the molecule is CC(C)C[C@H](C)COc1cnc(Cl)cc1Cl. The molecule has 0 spiro atoms. The normalized spacial score (nSPS) is 12.9. The molecule has 4 heteroatoms. The molecule has 0 bridgehead atoms. The van der Waals surface area contributed by atoms with E-state index in [2.05, 4.69) is 25.8 Å². The molecule has 1 aromatic rings. The molecular formula is C12H17Cl2NO. The van der Waals surface area contributed by atoms with Gasteiger partial charge in [-0.15, -0.1) is 0 Å². The Labute approximate surface area is 107 Å². The predicted octanol–water partition coefficient (Wildman–Crippen LogP) is 4.45. The van der Waals surface area contributed by atoms with Crippen molar-refractivity contribution in [2.45, 2.75) is 27.2 Å². The van der Waals surface area contributed by atoms with Gasteiger partial charge in [-0.1, -0.05) is 44.0 Å². The molecule has 0 amide bonds. The van der Waals surface area contributed by atoms with Crippen molar-refractivity contribution in [1.82, 2.24) is 4.98 Å². The predicted molar refractivity (Wildman–Crippen MR) is 68.4 cm³/mol. The van der Waals surface area contributed by atoms with Gasteiger partial charge in [0.25, 0.3) is 0 Å². The number of nitrogens with zero attached hydrogens (tertiary/aromatic N) is 1. The Kier molecular flexibility index (Phi) is 5.36. The molecule has 0 aliphatic carbocycles. The van der Waals surface area contributed by atoms with Crippen LogP contribution in [0.1, 0.15) is 27.2 Å². The maximum Gasteiger partial charge on any atom is 0.156 e. The van der Waals surface area contributed by atoms with E-state index in [1.54, 1.807) is 12.3 Å². The highest BCUT2D eigenvalue weighted by atomic mass is 35.5. The van der Waals surface area contributed by atoms with Crippen LogP contribution in [0.15, 0.2) is 12.3 Å². The van der Waals surface area contributed by atoms with Gasteiger partial charge < -0.3 is 4.74 Å². The molecule has 1 rings (SSSR count). The third-order valence-electron chi connectivity index (χ3n) is 2.18. The van der Waals surface area contributed by atoms with Crippen LogP contribution >= 0.6 is 23.2 Å². The average Bonchev–Trinajstić information content (AvgIpc) is 2.15. The lowest BCUT2D eigenvalue weighted by molar-refractivity contribution is 0.238. The highest BCUT2D eigenvalue weighted by Crippen LogP contribution is 2.26. The van der Waals surface area contributed by atoms with Crippen LogP contribution in [0.3, 0.4) is 0 Å². The van der Waals surface area contributed by atoms with Gasteiger partial charge in [-0.2, -0.15) is 0 Å². The molecule has 1 heterocycles. The summed E-state index contributed by atoms with van der Waals surface area (Å²) in [5, 5.41) is 0.893. The smallest absolute Gasteiger partial charge is 0.156 e. The van der Waals surface area contributed by atoms with E-state index < -0.39 is 0 Å². The molecular weight excluding hydrogens is 245 g/mol. The number of hydrogen-bond acceptors (Lipinski definition) is 2. The minimum Gasteiger partial charge on any atom is -0.490 e. The van der Waals surface area contributed by atoms with Gasteiger partial charge in [0.2, 0.25) is 0 Å². The highest BCUT2D eigenvalue weighted by molar-refractivity contribution is 6.34. The molecule has 0 saturated carbocycles. The zero-order valence-electron chi connectivity index (χ0n) is 9.84. The lowest BCUT2D eigenvalue weighted by Crippen LogP contribution is -2.11. The van der Waals surface area contributed by atoms with Crippen LogP contribution in [0.25, 0.3) is 0 Å². The van der Waals surface area contributed by atoms with Crippen LogP contribution in [-0.4, -0.2) is 11.6 Å². The van der Waals surface area contributed by atoms with Crippen LogP contribution in [0.4, 0.5) is 0 Å². The first-order valence-corrected chi connectivity index (χ1v) is 6.18. The molecule has 1 aromatic heterocycles. The summed E-state index contributed by atoms with van der Waals surface area (Å²) in [5.74, 6) is 1.78. The fourth-order valence-electron chi connectivity index (χ4n) is 1.61. The van der Waals surface area contributed by atoms with Crippen LogP contribution in [0.2, 0.25) is 10.2 Å². The van der Waals surface area contributed by atoms with E-state index in [1.807, 2.05) is 0 Å². The molecule has 0 aliphatic rings. The number of rotatable bonds is 5. The Morgan fingerprint density at radius 1 is 1.31 bits per heavy atom. The molecule has 16 heavy (non-hydrogen) atoms. The van der Waals surface area contributed by atoms with Gasteiger partial charge in [-0.05, 0) is 24.3 Å². The summed E-state index contributed by atoms with van der Waals surface area (Å²) in [4.78, 5) is 3.93.